The van der Waals surface area contributed by atoms with Gasteiger partial charge in [-0.15, -0.1) is 0 Å². The van der Waals surface area contributed by atoms with Gasteiger partial charge < -0.3 is 0 Å². The first-order valence-corrected chi connectivity index (χ1v) is 5.67. The molecular weight excluding hydrogens is 144 g/mol. The second-order valence-corrected chi connectivity index (χ2v) is 5.82. The molecule has 0 heteroatoms. The van der Waals surface area contributed by atoms with Gasteiger partial charge in [-0.1, -0.05) is 20.8 Å². The van der Waals surface area contributed by atoms with Crippen LogP contribution in [0.1, 0.15) is 40.0 Å². The third kappa shape index (κ3) is 0.592. The predicted molar refractivity (Wildman–Crippen MR) is 50.8 cm³/mol. The Morgan fingerprint density at radius 1 is 1.17 bits per heavy atom. The van der Waals surface area contributed by atoms with E-state index in [0.717, 1.165) is 35.0 Å². The Bertz CT molecular complexity index is 220. The molecule has 68 valence electrons. The topological polar surface area (TPSA) is 0 Å². The van der Waals surface area contributed by atoms with Crippen molar-refractivity contribution in [2.24, 2.45) is 35.0 Å². The van der Waals surface area contributed by atoms with Crippen LogP contribution in [0.2, 0.25) is 0 Å². The Morgan fingerprint density at radius 2 is 1.92 bits per heavy atom. The molecule has 12 heavy (non-hydrogen) atoms. The highest BCUT2D eigenvalue weighted by atomic mass is 14.7. The van der Waals surface area contributed by atoms with Crippen molar-refractivity contribution in [1.82, 2.24) is 0 Å². The van der Waals surface area contributed by atoms with Gasteiger partial charge in [-0.05, 0) is 54.3 Å². The standard InChI is InChI=1S/C12H20/c1-7-6-12(5-4-8(12)2)11-9(3)10(7)11/h7-11H,4-6H2,1-3H3. The number of hydrogen-bond donors (Lipinski definition) is 0. The van der Waals surface area contributed by atoms with Crippen molar-refractivity contribution in [3.63, 3.8) is 0 Å². The van der Waals surface area contributed by atoms with Gasteiger partial charge in [0.15, 0.2) is 0 Å². The Balaban J connectivity index is 1.90. The van der Waals surface area contributed by atoms with Crippen molar-refractivity contribution in [2.75, 3.05) is 0 Å². The molecule has 3 saturated carbocycles. The van der Waals surface area contributed by atoms with Gasteiger partial charge in [-0.2, -0.15) is 0 Å². The molecule has 0 bridgehead atoms. The second kappa shape index (κ2) is 1.91. The molecule has 3 rings (SSSR count). The van der Waals surface area contributed by atoms with Gasteiger partial charge in [0.25, 0.3) is 0 Å². The molecule has 0 heterocycles. The highest BCUT2D eigenvalue weighted by Gasteiger charge is 2.69. The fourth-order valence-electron chi connectivity index (χ4n) is 4.75. The lowest BCUT2D eigenvalue weighted by Crippen LogP contribution is -2.39. The molecule has 0 nitrogen and oxygen atoms in total. The Morgan fingerprint density at radius 3 is 2.17 bits per heavy atom. The minimum atomic E-state index is 0.851. The summed E-state index contributed by atoms with van der Waals surface area (Å²) >= 11 is 0. The predicted octanol–water partition coefficient (Wildman–Crippen LogP) is 3.32. The normalized spacial score (nSPS) is 67.8. The molecular formula is C12H20. The second-order valence-electron chi connectivity index (χ2n) is 5.82. The van der Waals surface area contributed by atoms with Crippen LogP contribution in [0, 0.1) is 35.0 Å². The zero-order chi connectivity index (χ0) is 8.51. The van der Waals surface area contributed by atoms with Crippen LogP contribution in [0.3, 0.4) is 0 Å². The van der Waals surface area contributed by atoms with Gasteiger partial charge in [-0.3, -0.25) is 0 Å². The summed E-state index contributed by atoms with van der Waals surface area (Å²) in [5.74, 6) is 5.47. The molecule has 1 spiro atoms. The van der Waals surface area contributed by atoms with Gasteiger partial charge in [0, 0.05) is 0 Å². The van der Waals surface area contributed by atoms with Crippen molar-refractivity contribution in [3.8, 4) is 0 Å². The number of hydrogen-bond acceptors (Lipinski definition) is 0. The summed E-state index contributed by atoms with van der Waals surface area (Å²) < 4.78 is 0. The first-order chi connectivity index (χ1) is 5.67. The fraction of sp³-hybridized carbons (Fsp3) is 1.00. The van der Waals surface area contributed by atoms with E-state index in [1.807, 2.05) is 0 Å². The van der Waals surface area contributed by atoms with Crippen LogP contribution in [0.4, 0.5) is 0 Å². The Hall–Kier alpha value is 0. The van der Waals surface area contributed by atoms with Crippen LogP contribution < -0.4 is 0 Å². The summed E-state index contributed by atoms with van der Waals surface area (Å²) in [6.45, 7) is 7.46. The number of rotatable bonds is 0. The molecule has 0 aliphatic heterocycles. The van der Waals surface area contributed by atoms with Crippen LogP contribution in [0.25, 0.3) is 0 Å². The molecule has 0 aromatic rings. The summed E-state index contributed by atoms with van der Waals surface area (Å²) in [6, 6.07) is 0. The lowest BCUT2D eigenvalue weighted by atomic mass is 9.57. The summed E-state index contributed by atoms with van der Waals surface area (Å²) in [5.41, 5.74) is 0.851. The fourth-order valence-corrected chi connectivity index (χ4v) is 4.75. The largest absolute Gasteiger partial charge is 0.0622 e. The van der Waals surface area contributed by atoms with E-state index in [1.165, 1.54) is 6.42 Å². The minimum absolute atomic E-state index is 0.851. The SMILES string of the molecule is CC1CC2(CCC2C)C2C(C)C12. The highest BCUT2D eigenvalue weighted by molar-refractivity contribution is 5.17. The molecule has 3 aliphatic carbocycles. The minimum Gasteiger partial charge on any atom is -0.0622 e. The first kappa shape index (κ1) is 7.41. The molecule has 6 atom stereocenters. The van der Waals surface area contributed by atoms with Crippen molar-refractivity contribution < 1.29 is 0 Å². The van der Waals surface area contributed by atoms with Gasteiger partial charge in [0.2, 0.25) is 0 Å². The van der Waals surface area contributed by atoms with Crippen LogP contribution in [0.5, 0.6) is 0 Å². The smallest absolute Gasteiger partial charge is 0.0235 e. The summed E-state index contributed by atoms with van der Waals surface area (Å²) in [4.78, 5) is 0. The van der Waals surface area contributed by atoms with Gasteiger partial charge in [0.05, 0.1) is 0 Å². The maximum absolute atomic E-state index is 2.49. The average molecular weight is 164 g/mol. The van der Waals surface area contributed by atoms with E-state index in [9.17, 15) is 0 Å². The van der Waals surface area contributed by atoms with E-state index in [0.29, 0.717) is 0 Å². The maximum atomic E-state index is 2.49. The molecule has 0 N–H and O–H groups in total. The van der Waals surface area contributed by atoms with Gasteiger partial charge >= 0.3 is 0 Å². The van der Waals surface area contributed by atoms with Crippen molar-refractivity contribution in [1.29, 1.82) is 0 Å². The van der Waals surface area contributed by atoms with Crippen LogP contribution in [0.15, 0.2) is 0 Å². The maximum Gasteiger partial charge on any atom is -0.0235 e. The van der Waals surface area contributed by atoms with Crippen molar-refractivity contribution in [3.05, 3.63) is 0 Å². The van der Waals surface area contributed by atoms with E-state index >= 15 is 0 Å². The highest BCUT2D eigenvalue weighted by Crippen LogP contribution is 2.75. The van der Waals surface area contributed by atoms with Crippen molar-refractivity contribution in [2.45, 2.75) is 40.0 Å². The summed E-state index contributed by atoms with van der Waals surface area (Å²) in [7, 11) is 0. The quantitative estimate of drug-likeness (QED) is 0.515. The monoisotopic (exact) mass is 164 g/mol. The first-order valence-electron chi connectivity index (χ1n) is 5.67. The van der Waals surface area contributed by atoms with E-state index in [2.05, 4.69) is 20.8 Å². The molecule has 0 saturated heterocycles. The average Bonchev–Trinajstić information content (AvgIpc) is 2.55. The van der Waals surface area contributed by atoms with Gasteiger partial charge in [-0.25, -0.2) is 0 Å². The van der Waals surface area contributed by atoms with Gasteiger partial charge in [0.1, 0.15) is 0 Å². The molecule has 3 fully saturated rings. The van der Waals surface area contributed by atoms with Crippen LogP contribution >= 0.6 is 0 Å². The van der Waals surface area contributed by atoms with E-state index in [1.54, 1.807) is 12.8 Å². The summed E-state index contributed by atoms with van der Waals surface area (Å²) in [5, 5.41) is 0. The summed E-state index contributed by atoms with van der Waals surface area (Å²) in [6.07, 6.45) is 4.64. The zero-order valence-electron chi connectivity index (χ0n) is 8.51. The lowest BCUT2D eigenvalue weighted by molar-refractivity contribution is 0.0134. The third-order valence-electron chi connectivity index (χ3n) is 5.49. The molecule has 3 aliphatic rings. The third-order valence-corrected chi connectivity index (χ3v) is 5.49. The Kier molecular flexibility index (Phi) is 1.18. The van der Waals surface area contributed by atoms with Crippen LogP contribution in [-0.2, 0) is 0 Å². The lowest BCUT2D eigenvalue weighted by Gasteiger charge is -2.48. The van der Waals surface area contributed by atoms with E-state index in [4.69, 9.17) is 0 Å². The number of fused-ring (bicyclic) bond motifs is 2. The zero-order valence-corrected chi connectivity index (χ0v) is 8.51. The Labute approximate surface area is 75.7 Å². The molecule has 0 aromatic heterocycles. The van der Waals surface area contributed by atoms with Crippen molar-refractivity contribution >= 4 is 0 Å². The molecule has 0 aromatic carbocycles. The molecule has 0 amide bonds. The molecule has 6 unspecified atom stereocenters. The van der Waals surface area contributed by atoms with E-state index < -0.39 is 0 Å². The van der Waals surface area contributed by atoms with E-state index in [-0.39, 0.29) is 0 Å². The van der Waals surface area contributed by atoms with Crippen LogP contribution in [-0.4, -0.2) is 0 Å². The molecule has 0 radical (unpaired) electrons.